The van der Waals surface area contributed by atoms with Gasteiger partial charge in [-0.2, -0.15) is 0 Å². The van der Waals surface area contributed by atoms with Gasteiger partial charge in [-0.15, -0.1) is 11.3 Å². The van der Waals surface area contributed by atoms with Crippen LogP contribution in [0.5, 0.6) is 5.88 Å². The number of pyridine rings is 1. The van der Waals surface area contributed by atoms with Crippen LogP contribution in [-0.4, -0.2) is 15.9 Å². The van der Waals surface area contributed by atoms with E-state index in [0.717, 1.165) is 16.3 Å². The number of aromatic nitrogens is 2. The van der Waals surface area contributed by atoms with Crippen LogP contribution in [-0.2, 0) is 6.61 Å². The Hall–Kier alpha value is -2.15. The van der Waals surface area contributed by atoms with E-state index in [0.29, 0.717) is 5.02 Å². The highest BCUT2D eigenvalue weighted by molar-refractivity contribution is 7.09. The van der Waals surface area contributed by atoms with Gasteiger partial charge in [0, 0.05) is 22.0 Å². The fourth-order valence-electron chi connectivity index (χ4n) is 1.95. The van der Waals surface area contributed by atoms with E-state index in [1.165, 1.54) is 23.6 Å². The maximum atomic E-state index is 11.3. The number of primary amides is 1. The smallest absolute Gasteiger partial charge is 0.250 e. The molecule has 0 saturated heterocycles. The minimum absolute atomic E-state index is 0.169. The van der Waals surface area contributed by atoms with Gasteiger partial charge in [0.1, 0.15) is 11.6 Å². The minimum Gasteiger partial charge on any atom is -0.470 e. The molecule has 0 aliphatic heterocycles. The Kier molecular flexibility index (Phi) is 4.99. The molecule has 0 atom stereocenters. The maximum absolute atomic E-state index is 11.3. The summed E-state index contributed by atoms with van der Waals surface area (Å²) in [5.41, 5.74) is 7.23. The van der Waals surface area contributed by atoms with Crippen LogP contribution < -0.4 is 10.5 Å². The molecule has 3 rings (SSSR count). The molecule has 24 heavy (non-hydrogen) atoms. The van der Waals surface area contributed by atoms with Gasteiger partial charge in [-0.3, -0.25) is 4.79 Å². The van der Waals surface area contributed by atoms with E-state index < -0.39 is 5.91 Å². The van der Waals surface area contributed by atoms with Crippen molar-refractivity contribution in [3.63, 3.8) is 0 Å². The number of benzene rings is 1. The van der Waals surface area contributed by atoms with E-state index in [9.17, 15) is 4.79 Å². The van der Waals surface area contributed by atoms with Crippen LogP contribution >= 0.6 is 34.5 Å². The normalized spacial score (nSPS) is 10.6. The number of halogens is 2. The zero-order valence-corrected chi connectivity index (χ0v) is 14.5. The molecular formula is C16H11Cl2N3O2S. The number of rotatable bonds is 5. The lowest BCUT2D eigenvalue weighted by atomic mass is 10.2. The summed E-state index contributed by atoms with van der Waals surface area (Å²) in [5, 5.41) is 3.58. The van der Waals surface area contributed by atoms with Crippen molar-refractivity contribution in [2.45, 2.75) is 6.61 Å². The minimum atomic E-state index is -0.633. The Morgan fingerprint density at radius 1 is 1.25 bits per heavy atom. The van der Waals surface area contributed by atoms with Gasteiger partial charge in [-0.1, -0.05) is 35.3 Å². The van der Waals surface area contributed by atoms with Gasteiger partial charge in [0.05, 0.1) is 22.5 Å². The second-order valence-electron chi connectivity index (χ2n) is 4.79. The third-order valence-corrected chi connectivity index (χ3v) is 4.51. The van der Waals surface area contributed by atoms with Crippen LogP contribution in [0.25, 0.3) is 11.3 Å². The van der Waals surface area contributed by atoms with Crippen LogP contribution in [0.15, 0.2) is 41.9 Å². The first-order valence-corrected chi connectivity index (χ1v) is 8.45. The first-order valence-electron chi connectivity index (χ1n) is 6.81. The molecule has 0 unspecified atom stereocenters. The Bertz CT molecular complexity index is 881. The number of nitrogens with zero attached hydrogens (tertiary/aromatic N) is 2. The average Bonchev–Trinajstić information content (AvgIpc) is 3.03. The van der Waals surface area contributed by atoms with Crippen LogP contribution in [0.1, 0.15) is 15.4 Å². The number of carbonyl (C=O) groups is 1. The lowest BCUT2D eigenvalue weighted by Crippen LogP contribution is -2.12. The van der Waals surface area contributed by atoms with Gasteiger partial charge >= 0.3 is 0 Å². The molecule has 3 aromatic rings. The SMILES string of the molecule is NC(=O)c1cc(OCc2nc(-c3ccc(Cl)cc3)cs2)ncc1Cl. The molecule has 5 nitrogen and oxygen atoms in total. The van der Waals surface area contributed by atoms with Crippen molar-refractivity contribution in [1.29, 1.82) is 0 Å². The fraction of sp³-hybridized carbons (Fsp3) is 0.0625. The van der Waals surface area contributed by atoms with E-state index >= 15 is 0 Å². The summed E-state index contributed by atoms with van der Waals surface area (Å²) >= 11 is 13.2. The Morgan fingerprint density at radius 3 is 2.71 bits per heavy atom. The topological polar surface area (TPSA) is 78.1 Å². The van der Waals surface area contributed by atoms with E-state index in [4.69, 9.17) is 33.7 Å². The summed E-state index contributed by atoms with van der Waals surface area (Å²) in [4.78, 5) is 19.8. The number of ether oxygens (including phenoxy) is 1. The molecule has 2 heterocycles. The lowest BCUT2D eigenvalue weighted by molar-refractivity contribution is 0.0999. The molecule has 1 amide bonds. The molecule has 2 aromatic heterocycles. The van der Waals surface area contributed by atoms with Crippen molar-refractivity contribution in [1.82, 2.24) is 9.97 Å². The highest BCUT2D eigenvalue weighted by Gasteiger charge is 2.11. The number of carbonyl (C=O) groups excluding carboxylic acids is 1. The molecule has 0 bridgehead atoms. The van der Waals surface area contributed by atoms with Gasteiger partial charge < -0.3 is 10.5 Å². The Morgan fingerprint density at radius 2 is 2.00 bits per heavy atom. The molecule has 0 aliphatic rings. The van der Waals surface area contributed by atoms with E-state index in [-0.39, 0.29) is 23.1 Å². The van der Waals surface area contributed by atoms with E-state index in [2.05, 4.69) is 9.97 Å². The number of hydrogen-bond donors (Lipinski definition) is 1. The molecular weight excluding hydrogens is 369 g/mol. The molecule has 0 fully saturated rings. The summed E-state index contributed by atoms with van der Waals surface area (Å²) in [6.07, 6.45) is 1.33. The molecule has 0 radical (unpaired) electrons. The summed E-state index contributed by atoms with van der Waals surface area (Å²) in [6.45, 7) is 0.227. The van der Waals surface area contributed by atoms with Crippen molar-refractivity contribution in [3.05, 3.63) is 62.5 Å². The highest BCUT2D eigenvalue weighted by Crippen LogP contribution is 2.25. The molecule has 0 saturated carbocycles. The molecule has 0 spiro atoms. The largest absolute Gasteiger partial charge is 0.470 e. The second-order valence-corrected chi connectivity index (χ2v) is 6.57. The predicted octanol–water partition coefficient (Wildman–Crippen LogP) is 4.19. The zero-order valence-electron chi connectivity index (χ0n) is 12.2. The monoisotopic (exact) mass is 379 g/mol. The van der Waals surface area contributed by atoms with E-state index in [1.807, 2.05) is 29.6 Å². The van der Waals surface area contributed by atoms with Crippen LogP contribution in [0.3, 0.4) is 0 Å². The molecule has 0 aliphatic carbocycles. The number of amides is 1. The second kappa shape index (κ2) is 7.17. The summed E-state index contributed by atoms with van der Waals surface area (Å²) in [7, 11) is 0. The van der Waals surface area contributed by atoms with Crippen molar-refractivity contribution in [2.75, 3.05) is 0 Å². The van der Waals surface area contributed by atoms with E-state index in [1.54, 1.807) is 0 Å². The van der Waals surface area contributed by atoms with Crippen molar-refractivity contribution in [2.24, 2.45) is 5.73 Å². The number of hydrogen-bond acceptors (Lipinski definition) is 5. The summed E-state index contributed by atoms with van der Waals surface area (Å²) < 4.78 is 5.56. The van der Waals surface area contributed by atoms with Crippen LogP contribution in [0.4, 0.5) is 0 Å². The quantitative estimate of drug-likeness (QED) is 0.720. The average molecular weight is 380 g/mol. The van der Waals surface area contributed by atoms with Crippen LogP contribution in [0.2, 0.25) is 10.0 Å². The maximum Gasteiger partial charge on any atom is 0.250 e. The van der Waals surface area contributed by atoms with Crippen molar-refractivity contribution < 1.29 is 9.53 Å². The number of nitrogens with two attached hydrogens (primary N) is 1. The van der Waals surface area contributed by atoms with Gasteiger partial charge in [0.15, 0.2) is 0 Å². The molecule has 122 valence electrons. The van der Waals surface area contributed by atoms with Crippen LogP contribution in [0, 0.1) is 0 Å². The first-order chi connectivity index (χ1) is 11.5. The van der Waals surface area contributed by atoms with Gasteiger partial charge in [0.2, 0.25) is 11.8 Å². The third-order valence-electron chi connectivity index (χ3n) is 3.13. The third kappa shape index (κ3) is 3.84. The fourth-order valence-corrected chi connectivity index (χ4v) is 2.99. The van der Waals surface area contributed by atoms with Gasteiger partial charge in [-0.05, 0) is 12.1 Å². The van der Waals surface area contributed by atoms with Gasteiger partial charge in [-0.25, -0.2) is 9.97 Å². The van der Waals surface area contributed by atoms with Crippen molar-refractivity contribution in [3.8, 4) is 17.1 Å². The number of thiazole rings is 1. The zero-order chi connectivity index (χ0) is 17.1. The first kappa shape index (κ1) is 16.7. The standard InChI is InChI=1S/C16H11Cl2N3O2S/c17-10-3-1-9(2-4-10)13-8-24-15(21-13)7-23-14-5-11(16(19)22)12(18)6-20-14/h1-6,8H,7H2,(H2,19,22). The molecule has 1 aromatic carbocycles. The Balaban J connectivity index is 1.71. The highest BCUT2D eigenvalue weighted by atomic mass is 35.5. The van der Waals surface area contributed by atoms with Crippen molar-refractivity contribution >= 4 is 40.4 Å². The predicted molar refractivity (Wildman–Crippen MR) is 94.7 cm³/mol. The Labute approximate surface area is 152 Å². The summed E-state index contributed by atoms with van der Waals surface area (Å²) in [5.74, 6) is -0.372. The summed E-state index contributed by atoms with van der Waals surface area (Å²) in [6, 6.07) is 8.85. The van der Waals surface area contributed by atoms with Gasteiger partial charge in [0.25, 0.3) is 0 Å². The lowest BCUT2D eigenvalue weighted by Gasteiger charge is -2.05. The molecule has 8 heteroatoms. The molecule has 2 N–H and O–H groups in total.